The number of alkyl halides is 3. The minimum absolute atomic E-state index is 0.00945. The zero-order chi connectivity index (χ0) is 24.5. The fourth-order valence-corrected chi connectivity index (χ4v) is 4.54. The van der Waals surface area contributed by atoms with Crippen molar-refractivity contribution in [3.05, 3.63) is 77.8 Å². The number of nitrogens with zero attached hydrogens (tertiary/aromatic N) is 4. The SMILES string of the molecule is CN(CCNS(=O)(=O)c1ccc(C(F)(F)F)cc1)c1cc(-n2ccnc2)c2ccc(Cl)cc2n1. The fourth-order valence-electron chi connectivity index (χ4n) is 3.35. The number of fused-ring (bicyclic) bond motifs is 1. The van der Waals surface area contributed by atoms with E-state index in [1.807, 2.05) is 16.7 Å². The highest BCUT2D eigenvalue weighted by Crippen LogP contribution is 2.30. The molecule has 0 radical (unpaired) electrons. The Hall–Kier alpha value is -3.15. The third-order valence-corrected chi connectivity index (χ3v) is 6.85. The van der Waals surface area contributed by atoms with Gasteiger partial charge in [0.15, 0.2) is 0 Å². The number of rotatable bonds is 7. The first-order valence-corrected chi connectivity index (χ1v) is 11.9. The molecule has 0 aliphatic carbocycles. The van der Waals surface area contributed by atoms with Gasteiger partial charge in [-0.2, -0.15) is 13.2 Å². The lowest BCUT2D eigenvalue weighted by atomic mass is 10.1. The number of likely N-dealkylation sites (N-methyl/N-ethyl adjacent to an activating group) is 1. The Morgan fingerprint density at radius 2 is 1.85 bits per heavy atom. The van der Waals surface area contributed by atoms with Gasteiger partial charge in [-0.15, -0.1) is 0 Å². The van der Waals surface area contributed by atoms with Crippen LogP contribution in [0.15, 0.2) is 72.1 Å². The van der Waals surface area contributed by atoms with E-state index in [1.165, 1.54) is 0 Å². The number of sulfonamides is 1. The van der Waals surface area contributed by atoms with Crippen molar-refractivity contribution in [3.63, 3.8) is 0 Å². The molecule has 0 aliphatic rings. The van der Waals surface area contributed by atoms with Crippen LogP contribution in [0.2, 0.25) is 5.02 Å². The second-order valence-corrected chi connectivity index (χ2v) is 9.68. The molecule has 4 aromatic rings. The number of benzene rings is 2. The third-order valence-electron chi connectivity index (χ3n) is 5.14. The number of hydrogen-bond acceptors (Lipinski definition) is 5. The van der Waals surface area contributed by atoms with Crippen molar-refractivity contribution in [2.24, 2.45) is 0 Å². The minimum Gasteiger partial charge on any atom is -0.358 e. The average molecular weight is 510 g/mol. The van der Waals surface area contributed by atoms with Crippen molar-refractivity contribution in [2.45, 2.75) is 11.1 Å². The molecule has 0 bridgehead atoms. The van der Waals surface area contributed by atoms with Crippen molar-refractivity contribution in [3.8, 4) is 5.69 Å². The Bertz CT molecular complexity index is 1410. The van der Waals surface area contributed by atoms with Crippen LogP contribution in [0.5, 0.6) is 0 Å². The van der Waals surface area contributed by atoms with Crippen molar-refractivity contribution < 1.29 is 21.6 Å². The van der Waals surface area contributed by atoms with Crippen LogP contribution in [0, 0.1) is 0 Å². The summed E-state index contributed by atoms with van der Waals surface area (Å²) in [6, 6.07) is 10.6. The Kier molecular flexibility index (Phi) is 6.52. The van der Waals surface area contributed by atoms with Crippen LogP contribution in [0.1, 0.15) is 5.56 Å². The number of nitrogens with one attached hydrogen (secondary N) is 1. The molecule has 0 saturated heterocycles. The van der Waals surface area contributed by atoms with Gasteiger partial charge in [0.25, 0.3) is 0 Å². The maximum Gasteiger partial charge on any atom is 0.416 e. The Morgan fingerprint density at radius 1 is 1.12 bits per heavy atom. The molecule has 0 unspecified atom stereocenters. The molecular weight excluding hydrogens is 491 g/mol. The van der Waals surface area contributed by atoms with Gasteiger partial charge < -0.3 is 9.47 Å². The number of pyridine rings is 1. The second-order valence-electron chi connectivity index (χ2n) is 7.47. The highest BCUT2D eigenvalue weighted by atomic mass is 35.5. The lowest BCUT2D eigenvalue weighted by molar-refractivity contribution is -0.137. The molecule has 178 valence electrons. The Morgan fingerprint density at radius 3 is 2.50 bits per heavy atom. The summed E-state index contributed by atoms with van der Waals surface area (Å²) in [6.45, 7) is 0.262. The van der Waals surface area contributed by atoms with Gasteiger partial charge in [-0.25, -0.2) is 23.1 Å². The molecule has 0 atom stereocenters. The van der Waals surface area contributed by atoms with E-state index in [0.717, 1.165) is 35.3 Å². The highest BCUT2D eigenvalue weighted by molar-refractivity contribution is 7.89. The van der Waals surface area contributed by atoms with E-state index in [1.54, 1.807) is 42.8 Å². The molecule has 34 heavy (non-hydrogen) atoms. The van der Waals surface area contributed by atoms with Gasteiger partial charge in [0.1, 0.15) is 5.82 Å². The number of halogens is 4. The van der Waals surface area contributed by atoms with Gasteiger partial charge in [0.05, 0.1) is 28.0 Å². The first kappa shape index (κ1) is 24.0. The van der Waals surface area contributed by atoms with Crippen LogP contribution in [-0.2, 0) is 16.2 Å². The van der Waals surface area contributed by atoms with E-state index in [9.17, 15) is 21.6 Å². The van der Waals surface area contributed by atoms with Crippen LogP contribution in [0.4, 0.5) is 19.0 Å². The van der Waals surface area contributed by atoms with E-state index in [4.69, 9.17) is 11.6 Å². The van der Waals surface area contributed by atoms with Gasteiger partial charge in [-0.1, -0.05) is 11.6 Å². The molecule has 0 saturated carbocycles. The maximum absolute atomic E-state index is 12.7. The van der Waals surface area contributed by atoms with Gasteiger partial charge in [-0.05, 0) is 42.5 Å². The van der Waals surface area contributed by atoms with Crippen molar-refractivity contribution >= 4 is 38.3 Å². The number of imidazole rings is 1. The summed E-state index contributed by atoms with van der Waals surface area (Å²) >= 11 is 6.14. The molecular formula is C22H19ClF3N5O2S. The molecule has 2 aromatic carbocycles. The molecule has 2 aromatic heterocycles. The quantitative estimate of drug-likeness (QED) is 0.396. The van der Waals surface area contributed by atoms with Gasteiger partial charge in [-0.3, -0.25) is 0 Å². The zero-order valence-electron chi connectivity index (χ0n) is 17.8. The van der Waals surface area contributed by atoms with Gasteiger partial charge in [0, 0.05) is 49.0 Å². The van der Waals surface area contributed by atoms with Gasteiger partial charge in [0.2, 0.25) is 10.0 Å². The first-order valence-electron chi connectivity index (χ1n) is 10.0. The van der Waals surface area contributed by atoms with E-state index in [-0.39, 0.29) is 18.0 Å². The molecule has 4 rings (SSSR count). The number of aromatic nitrogens is 3. The molecule has 2 heterocycles. The molecule has 0 amide bonds. The normalized spacial score (nSPS) is 12.3. The molecule has 0 spiro atoms. The lowest BCUT2D eigenvalue weighted by Gasteiger charge is -2.20. The molecule has 1 N–H and O–H groups in total. The number of hydrogen-bond donors (Lipinski definition) is 1. The van der Waals surface area contributed by atoms with E-state index < -0.39 is 21.8 Å². The fraction of sp³-hybridized carbons (Fsp3) is 0.182. The van der Waals surface area contributed by atoms with Crippen molar-refractivity contribution in [1.29, 1.82) is 0 Å². The van der Waals surface area contributed by atoms with Crippen LogP contribution >= 0.6 is 11.6 Å². The predicted octanol–water partition coefficient (Wildman–Crippen LogP) is 4.51. The monoisotopic (exact) mass is 509 g/mol. The largest absolute Gasteiger partial charge is 0.416 e. The van der Waals surface area contributed by atoms with Gasteiger partial charge >= 0.3 is 6.18 Å². The second kappa shape index (κ2) is 9.24. The van der Waals surface area contributed by atoms with E-state index in [0.29, 0.717) is 16.4 Å². The van der Waals surface area contributed by atoms with Crippen LogP contribution in [0.3, 0.4) is 0 Å². The predicted molar refractivity (Wildman–Crippen MR) is 124 cm³/mol. The summed E-state index contributed by atoms with van der Waals surface area (Å²) in [4.78, 5) is 10.2. The lowest BCUT2D eigenvalue weighted by Crippen LogP contribution is -2.33. The minimum atomic E-state index is -4.54. The molecule has 12 heteroatoms. The smallest absolute Gasteiger partial charge is 0.358 e. The zero-order valence-corrected chi connectivity index (χ0v) is 19.4. The highest BCUT2D eigenvalue weighted by Gasteiger charge is 2.30. The summed E-state index contributed by atoms with van der Waals surface area (Å²) in [5.41, 5.74) is 0.569. The summed E-state index contributed by atoms with van der Waals surface area (Å²) in [6.07, 6.45) is 0.573. The topological polar surface area (TPSA) is 80.1 Å². The summed E-state index contributed by atoms with van der Waals surface area (Å²) < 4.78 is 67.4. The summed E-state index contributed by atoms with van der Waals surface area (Å²) in [7, 11) is -2.23. The maximum atomic E-state index is 12.7. The Balaban J connectivity index is 1.51. The summed E-state index contributed by atoms with van der Waals surface area (Å²) in [5.74, 6) is 0.576. The third kappa shape index (κ3) is 5.16. The molecule has 7 nitrogen and oxygen atoms in total. The average Bonchev–Trinajstić information content (AvgIpc) is 3.32. The standard InChI is InChI=1S/C22H19ClF3N5O2S/c1-30(10-9-28-34(32,33)17-5-2-15(3-6-17)22(24,25)26)21-13-20(31-11-8-27-14-31)18-7-4-16(23)12-19(18)29-21/h2-8,11-14,28H,9-10H2,1H3. The van der Waals surface area contributed by atoms with Crippen LogP contribution in [0.25, 0.3) is 16.6 Å². The number of anilines is 1. The summed E-state index contributed by atoms with van der Waals surface area (Å²) in [5, 5.41) is 1.39. The van der Waals surface area contributed by atoms with E-state index in [2.05, 4.69) is 14.7 Å². The van der Waals surface area contributed by atoms with E-state index >= 15 is 0 Å². The van der Waals surface area contributed by atoms with Crippen molar-refractivity contribution in [1.82, 2.24) is 19.3 Å². The van der Waals surface area contributed by atoms with Crippen LogP contribution in [-0.4, -0.2) is 43.1 Å². The first-order chi connectivity index (χ1) is 16.0. The van der Waals surface area contributed by atoms with Crippen LogP contribution < -0.4 is 9.62 Å². The molecule has 0 fully saturated rings. The Labute approximate surface area is 198 Å². The molecule has 0 aliphatic heterocycles. The van der Waals surface area contributed by atoms with Crippen molar-refractivity contribution in [2.75, 3.05) is 25.0 Å².